The van der Waals surface area contributed by atoms with Gasteiger partial charge in [-0.1, -0.05) is 72.8 Å². The first kappa shape index (κ1) is 16.2. The van der Waals surface area contributed by atoms with Gasteiger partial charge in [-0.2, -0.15) is 0 Å². The van der Waals surface area contributed by atoms with E-state index in [1.165, 1.54) is 38.2 Å². The maximum absolute atomic E-state index is 6.44. The molecule has 0 atom stereocenters. The highest BCUT2D eigenvalue weighted by atomic mass is 16.5. The molecule has 0 amide bonds. The van der Waals surface area contributed by atoms with Crippen molar-refractivity contribution in [1.82, 2.24) is 0 Å². The smallest absolute Gasteiger partial charge is 0.132 e. The van der Waals surface area contributed by atoms with E-state index in [1.54, 1.807) is 0 Å². The highest BCUT2D eigenvalue weighted by Crippen LogP contribution is 2.52. The van der Waals surface area contributed by atoms with Gasteiger partial charge in [-0.05, 0) is 51.4 Å². The molecule has 0 spiro atoms. The molecule has 5 aromatic carbocycles. The second-order valence-electron chi connectivity index (χ2n) is 7.60. The van der Waals surface area contributed by atoms with Gasteiger partial charge in [0.05, 0.1) is 0 Å². The number of hydrogen-bond donors (Lipinski definition) is 1. The molecule has 29 heavy (non-hydrogen) atoms. The molecule has 0 aromatic heterocycles. The van der Waals surface area contributed by atoms with Crippen molar-refractivity contribution in [2.45, 2.75) is 5.92 Å². The monoisotopic (exact) mass is 373 g/mol. The van der Waals surface area contributed by atoms with Gasteiger partial charge in [0.2, 0.25) is 0 Å². The molecule has 0 unspecified atom stereocenters. The van der Waals surface area contributed by atoms with Gasteiger partial charge in [-0.3, -0.25) is 0 Å². The topological polar surface area (TPSA) is 35.2 Å². The molecular weight excluding hydrogens is 354 g/mol. The quantitative estimate of drug-likeness (QED) is 0.319. The van der Waals surface area contributed by atoms with E-state index < -0.39 is 0 Å². The van der Waals surface area contributed by atoms with Gasteiger partial charge in [0.1, 0.15) is 11.5 Å². The average molecular weight is 373 g/mol. The molecule has 2 heteroatoms. The molecule has 1 aliphatic rings. The predicted molar refractivity (Wildman–Crippen MR) is 120 cm³/mol. The van der Waals surface area contributed by atoms with E-state index >= 15 is 0 Å². The first-order chi connectivity index (χ1) is 14.3. The summed E-state index contributed by atoms with van der Waals surface area (Å²) in [6, 6.07) is 33.7. The molecule has 0 fully saturated rings. The lowest BCUT2D eigenvalue weighted by molar-refractivity contribution is 0.456. The van der Waals surface area contributed by atoms with Crippen LogP contribution in [0.2, 0.25) is 0 Å². The van der Waals surface area contributed by atoms with Crippen LogP contribution >= 0.6 is 0 Å². The van der Waals surface area contributed by atoms with Gasteiger partial charge in [-0.15, -0.1) is 0 Å². The summed E-state index contributed by atoms with van der Waals surface area (Å²) in [6.45, 7) is 0. The summed E-state index contributed by atoms with van der Waals surface area (Å²) >= 11 is 0. The van der Waals surface area contributed by atoms with Crippen molar-refractivity contribution in [3.8, 4) is 11.5 Å². The third-order valence-corrected chi connectivity index (χ3v) is 5.90. The van der Waals surface area contributed by atoms with Crippen LogP contribution < -0.4 is 10.5 Å². The Morgan fingerprint density at radius 2 is 1.17 bits per heavy atom. The van der Waals surface area contributed by atoms with E-state index in [2.05, 4.69) is 84.9 Å². The van der Waals surface area contributed by atoms with Crippen molar-refractivity contribution in [1.29, 1.82) is 0 Å². The number of fused-ring (bicyclic) bond motifs is 6. The standard InChI is InChI=1S/C27H19NO/c28-20-9-5-8-19(16-20)25-26-21-10-3-1-6-17(21)12-14-23(26)29-24-15-13-18-7-2-4-11-22(18)27(24)25/h1-16,25H,28H2. The fourth-order valence-electron chi connectivity index (χ4n) is 4.66. The maximum atomic E-state index is 6.44. The van der Waals surface area contributed by atoms with Crippen LogP contribution in [-0.2, 0) is 0 Å². The zero-order valence-corrected chi connectivity index (χ0v) is 15.8. The maximum Gasteiger partial charge on any atom is 0.132 e. The molecule has 2 nitrogen and oxygen atoms in total. The minimum Gasteiger partial charge on any atom is -0.457 e. The van der Waals surface area contributed by atoms with Gasteiger partial charge in [0.15, 0.2) is 0 Å². The first-order valence-corrected chi connectivity index (χ1v) is 9.86. The molecule has 6 rings (SSSR count). The summed E-state index contributed by atoms with van der Waals surface area (Å²) in [5.41, 5.74) is 10.6. The molecule has 1 heterocycles. The lowest BCUT2D eigenvalue weighted by atomic mass is 9.78. The number of rotatable bonds is 1. The molecular formula is C27H19NO. The van der Waals surface area contributed by atoms with Crippen LogP contribution in [0.4, 0.5) is 5.69 Å². The normalized spacial score (nSPS) is 13.1. The lowest BCUT2D eigenvalue weighted by Gasteiger charge is -2.31. The van der Waals surface area contributed by atoms with Gasteiger partial charge < -0.3 is 10.5 Å². The summed E-state index contributed by atoms with van der Waals surface area (Å²) in [4.78, 5) is 0. The van der Waals surface area contributed by atoms with Crippen LogP contribution in [0.15, 0.2) is 97.1 Å². The second-order valence-corrected chi connectivity index (χ2v) is 7.60. The molecule has 0 aliphatic carbocycles. The molecule has 0 radical (unpaired) electrons. The highest BCUT2D eigenvalue weighted by molar-refractivity contribution is 5.95. The second kappa shape index (κ2) is 6.11. The molecule has 138 valence electrons. The van der Waals surface area contributed by atoms with E-state index in [4.69, 9.17) is 10.5 Å². The number of nitrogen functional groups attached to an aromatic ring is 1. The van der Waals surface area contributed by atoms with Crippen molar-refractivity contribution in [2.75, 3.05) is 5.73 Å². The Bertz CT molecular complexity index is 1320. The zero-order chi connectivity index (χ0) is 19.4. The van der Waals surface area contributed by atoms with Crippen molar-refractivity contribution in [3.63, 3.8) is 0 Å². The first-order valence-electron chi connectivity index (χ1n) is 9.86. The summed E-state index contributed by atoms with van der Waals surface area (Å²) in [5, 5.41) is 4.87. The van der Waals surface area contributed by atoms with Crippen molar-refractivity contribution < 1.29 is 4.74 Å². The number of hydrogen-bond acceptors (Lipinski definition) is 2. The Balaban J connectivity index is 1.76. The van der Waals surface area contributed by atoms with Crippen molar-refractivity contribution >= 4 is 27.2 Å². The molecule has 0 saturated carbocycles. The van der Waals surface area contributed by atoms with E-state index in [0.717, 1.165) is 17.2 Å². The van der Waals surface area contributed by atoms with Gasteiger partial charge in [0, 0.05) is 22.7 Å². The van der Waals surface area contributed by atoms with Crippen LogP contribution in [-0.4, -0.2) is 0 Å². The molecule has 0 saturated heterocycles. The van der Waals surface area contributed by atoms with Gasteiger partial charge in [0.25, 0.3) is 0 Å². The summed E-state index contributed by atoms with van der Waals surface area (Å²) in [6.07, 6.45) is 0. The Morgan fingerprint density at radius 1 is 0.586 bits per heavy atom. The minimum atomic E-state index is 0.0504. The summed E-state index contributed by atoms with van der Waals surface area (Å²) < 4.78 is 6.44. The largest absolute Gasteiger partial charge is 0.457 e. The fourth-order valence-corrected chi connectivity index (χ4v) is 4.66. The lowest BCUT2D eigenvalue weighted by Crippen LogP contribution is -2.13. The number of benzene rings is 5. The fraction of sp³-hybridized carbons (Fsp3) is 0.0370. The Labute approximate surface area is 169 Å². The van der Waals surface area contributed by atoms with Gasteiger partial charge in [-0.25, -0.2) is 0 Å². The third-order valence-electron chi connectivity index (χ3n) is 5.90. The van der Waals surface area contributed by atoms with Gasteiger partial charge >= 0.3 is 0 Å². The zero-order valence-electron chi connectivity index (χ0n) is 15.8. The number of nitrogens with two attached hydrogens (primary N) is 1. The summed E-state index contributed by atoms with van der Waals surface area (Å²) in [7, 11) is 0. The molecule has 5 aromatic rings. The minimum absolute atomic E-state index is 0.0504. The predicted octanol–water partition coefficient (Wildman–Crippen LogP) is 6.86. The molecule has 0 bridgehead atoms. The van der Waals surface area contributed by atoms with Crippen LogP contribution in [0.1, 0.15) is 22.6 Å². The van der Waals surface area contributed by atoms with Crippen LogP contribution in [0.25, 0.3) is 21.5 Å². The SMILES string of the molecule is Nc1cccc(C2c3c(ccc4ccccc34)Oc3ccc4ccccc4c32)c1. The Kier molecular flexibility index (Phi) is 3.41. The highest BCUT2D eigenvalue weighted by Gasteiger charge is 2.32. The van der Waals surface area contributed by atoms with E-state index in [0.29, 0.717) is 0 Å². The molecule has 1 aliphatic heterocycles. The van der Waals surface area contributed by atoms with Crippen LogP contribution in [0.3, 0.4) is 0 Å². The van der Waals surface area contributed by atoms with E-state index in [9.17, 15) is 0 Å². The van der Waals surface area contributed by atoms with E-state index in [1.807, 2.05) is 12.1 Å². The van der Waals surface area contributed by atoms with Crippen LogP contribution in [0.5, 0.6) is 11.5 Å². The number of anilines is 1. The van der Waals surface area contributed by atoms with Crippen molar-refractivity contribution in [3.05, 3.63) is 114 Å². The number of ether oxygens (including phenoxy) is 1. The Morgan fingerprint density at radius 3 is 1.76 bits per heavy atom. The van der Waals surface area contributed by atoms with E-state index in [-0.39, 0.29) is 5.92 Å². The third kappa shape index (κ3) is 2.43. The van der Waals surface area contributed by atoms with Crippen molar-refractivity contribution in [2.24, 2.45) is 0 Å². The Hall–Kier alpha value is -3.78. The summed E-state index contributed by atoms with van der Waals surface area (Å²) in [5.74, 6) is 1.88. The molecule has 2 N–H and O–H groups in total. The van der Waals surface area contributed by atoms with Crippen LogP contribution in [0, 0.1) is 0 Å². The average Bonchev–Trinajstić information content (AvgIpc) is 2.77.